The molecule has 0 saturated carbocycles. The standard InChI is InChI=1S/C7H16N2O2/c10-6-7(11)5-9-4-2-1-3-8-9/h7-8,10-11H,1-6H2. The Morgan fingerprint density at radius 3 is 2.82 bits per heavy atom. The zero-order valence-corrected chi connectivity index (χ0v) is 6.66. The molecule has 1 unspecified atom stereocenters. The summed E-state index contributed by atoms with van der Waals surface area (Å²) in [7, 11) is 0. The third-order valence-electron chi connectivity index (χ3n) is 1.83. The smallest absolute Gasteiger partial charge is 0.0911 e. The predicted molar refractivity (Wildman–Crippen MR) is 41.9 cm³/mol. The van der Waals surface area contributed by atoms with Gasteiger partial charge in [-0.05, 0) is 12.8 Å². The monoisotopic (exact) mass is 160 g/mol. The average molecular weight is 160 g/mol. The zero-order valence-electron chi connectivity index (χ0n) is 6.66. The van der Waals surface area contributed by atoms with Gasteiger partial charge in [0.15, 0.2) is 0 Å². The predicted octanol–water partition coefficient (Wildman–Crippen LogP) is -1.06. The van der Waals surface area contributed by atoms with E-state index < -0.39 is 6.10 Å². The van der Waals surface area contributed by atoms with Crippen LogP contribution in [0.3, 0.4) is 0 Å². The third-order valence-corrected chi connectivity index (χ3v) is 1.83. The molecule has 0 aromatic carbocycles. The fraction of sp³-hybridized carbons (Fsp3) is 1.00. The van der Waals surface area contributed by atoms with E-state index in [0.29, 0.717) is 6.54 Å². The molecule has 1 rings (SSSR count). The first-order chi connectivity index (χ1) is 5.33. The summed E-state index contributed by atoms with van der Waals surface area (Å²) in [4.78, 5) is 0. The molecule has 66 valence electrons. The molecule has 1 heterocycles. The summed E-state index contributed by atoms with van der Waals surface area (Å²) in [6, 6.07) is 0. The maximum absolute atomic E-state index is 9.08. The number of hydrogen-bond acceptors (Lipinski definition) is 4. The molecule has 0 aromatic rings. The highest BCUT2D eigenvalue weighted by Gasteiger charge is 2.12. The van der Waals surface area contributed by atoms with Gasteiger partial charge in [-0.2, -0.15) is 0 Å². The molecule has 0 aliphatic carbocycles. The Kier molecular flexibility index (Phi) is 3.79. The van der Waals surface area contributed by atoms with Crippen LogP contribution < -0.4 is 5.43 Å². The van der Waals surface area contributed by atoms with Gasteiger partial charge in [0.2, 0.25) is 0 Å². The molecular weight excluding hydrogens is 144 g/mol. The van der Waals surface area contributed by atoms with Crippen molar-refractivity contribution >= 4 is 0 Å². The van der Waals surface area contributed by atoms with Crippen molar-refractivity contribution < 1.29 is 10.2 Å². The Morgan fingerprint density at radius 1 is 1.45 bits per heavy atom. The molecule has 1 saturated heterocycles. The fourth-order valence-electron chi connectivity index (χ4n) is 1.21. The van der Waals surface area contributed by atoms with Gasteiger partial charge in [-0.1, -0.05) is 0 Å². The Balaban J connectivity index is 2.13. The van der Waals surface area contributed by atoms with E-state index in [1.54, 1.807) is 0 Å². The Morgan fingerprint density at radius 2 is 2.27 bits per heavy atom. The molecule has 0 aromatic heterocycles. The molecule has 0 spiro atoms. The number of hydrazine groups is 1. The summed E-state index contributed by atoms with van der Waals surface area (Å²) < 4.78 is 0. The molecule has 0 amide bonds. The summed E-state index contributed by atoms with van der Waals surface area (Å²) in [5, 5.41) is 19.6. The lowest BCUT2D eigenvalue weighted by atomic mass is 10.2. The van der Waals surface area contributed by atoms with E-state index in [1.807, 2.05) is 5.01 Å². The normalized spacial score (nSPS) is 23.5. The lowest BCUT2D eigenvalue weighted by Crippen LogP contribution is -2.47. The van der Waals surface area contributed by atoms with Crippen molar-refractivity contribution in [3.63, 3.8) is 0 Å². The van der Waals surface area contributed by atoms with Gasteiger partial charge in [-0.15, -0.1) is 0 Å². The van der Waals surface area contributed by atoms with Crippen LogP contribution in [0.5, 0.6) is 0 Å². The second kappa shape index (κ2) is 4.66. The maximum atomic E-state index is 9.08. The minimum atomic E-state index is -0.611. The molecule has 0 radical (unpaired) electrons. The number of aliphatic hydroxyl groups excluding tert-OH is 2. The third kappa shape index (κ3) is 3.16. The largest absolute Gasteiger partial charge is 0.394 e. The summed E-state index contributed by atoms with van der Waals surface area (Å²) in [5.41, 5.74) is 3.15. The number of nitrogens with one attached hydrogen (secondary N) is 1. The van der Waals surface area contributed by atoms with Gasteiger partial charge in [0.05, 0.1) is 12.7 Å². The molecule has 11 heavy (non-hydrogen) atoms. The lowest BCUT2D eigenvalue weighted by Gasteiger charge is -2.28. The van der Waals surface area contributed by atoms with E-state index in [0.717, 1.165) is 13.1 Å². The van der Waals surface area contributed by atoms with Crippen LogP contribution in [0.15, 0.2) is 0 Å². The summed E-state index contributed by atoms with van der Waals surface area (Å²) in [6.07, 6.45) is 1.76. The quantitative estimate of drug-likeness (QED) is 0.492. The van der Waals surface area contributed by atoms with E-state index >= 15 is 0 Å². The number of rotatable bonds is 3. The van der Waals surface area contributed by atoms with E-state index in [-0.39, 0.29) is 6.61 Å². The van der Waals surface area contributed by atoms with Gasteiger partial charge in [0, 0.05) is 19.6 Å². The SMILES string of the molecule is OCC(O)CN1CCCCN1. The van der Waals surface area contributed by atoms with E-state index in [1.165, 1.54) is 12.8 Å². The van der Waals surface area contributed by atoms with Crippen LogP contribution >= 0.6 is 0 Å². The van der Waals surface area contributed by atoms with Crippen LogP contribution in [0.1, 0.15) is 12.8 Å². The zero-order chi connectivity index (χ0) is 8.10. The van der Waals surface area contributed by atoms with Crippen LogP contribution in [-0.4, -0.2) is 47.6 Å². The number of aliphatic hydroxyl groups is 2. The maximum Gasteiger partial charge on any atom is 0.0911 e. The first kappa shape index (κ1) is 8.93. The summed E-state index contributed by atoms with van der Waals surface area (Å²) >= 11 is 0. The van der Waals surface area contributed by atoms with Crippen molar-refractivity contribution in [3.05, 3.63) is 0 Å². The highest BCUT2D eigenvalue weighted by molar-refractivity contribution is 4.64. The van der Waals surface area contributed by atoms with Crippen LogP contribution in [0, 0.1) is 0 Å². The minimum Gasteiger partial charge on any atom is -0.394 e. The van der Waals surface area contributed by atoms with Crippen LogP contribution in [0.25, 0.3) is 0 Å². The minimum absolute atomic E-state index is 0.155. The van der Waals surface area contributed by atoms with Gasteiger partial charge in [0.1, 0.15) is 0 Å². The van der Waals surface area contributed by atoms with Crippen molar-refractivity contribution in [2.24, 2.45) is 0 Å². The number of hydrogen-bond donors (Lipinski definition) is 3. The molecule has 4 nitrogen and oxygen atoms in total. The molecule has 3 N–H and O–H groups in total. The fourth-order valence-corrected chi connectivity index (χ4v) is 1.21. The summed E-state index contributed by atoms with van der Waals surface area (Å²) in [5.74, 6) is 0. The van der Waals surface area contributed by atoms with Gasteiger partial charge >= 0.3 is 0 Å². The van der Waals surface area contributed by atoms with Crippen molar-refractivity contribution in [2.75, 3.05) is 26.2 Å². The Bertz CT molecular complexity index is 105. The molecule has 1 fully saturated rings. The Labute approximate surface area is 66.8 Å². The number of β-amino-alcohol motifs (C(OH)–C–C–N with tert-alkyl or cyclic N) is 1. The van der Waals surface area contributed by atoms with Crippen LogP contribution in [-0.2, 0) is 0 Å². The van der Waals surface area contributed by atoms with E-state index in [4.69, 9.17) is 10.2 Å². The number of nitrogens with zero attached hydrogens (tertiary/aromatic N) is 1. The molecule has 0 bridgehead atoms. The highest BCUT2D eigenvalue weighted by Crippen LogP contribution is 1.99. The molecule has 1 aliphatic rings. The lowest BCUT2D eigenvalue weighted by molar-refractivity contribution is 0.0323. The molecule has 1 atom stereocenters. The van der Waals surface area contributed by atoms with Crippen molar-refractivity contribution in [3.8, 4) is 0 Å². The molecular formula is C7H16N2O2. The van der Waals surface area contributed by atoms with Gasteiger partial charge in [0.25, 0.3) is 0 Å². The van der Waals surface area contributed by atoms with Crippen molar-refractivity contribution in [1.82, 2.24) is 10.4 Å². The van der Waals surface area contributed by atoms with Crippen molar-refractivity contribution in [2.45, 2.75) is 18.9 Å². The van der Waals surface area contributed by atoms with Gasteiger partial charge < -0.3 is 10.2 Å². The van der Waals surface area contributed by atoms with Gasteiger partial charge in [-0.3, -0.25) is 5.43 Å². The van der Waals surface area contributed by atoms with E-state index in [9.17, 15) is 0 Å². The molecule has 1 aliphatic heterocycles. The topological polar surface area (TPSA) is 55.7 Å². The van der Waals surface area contributed by atoms with Crippen molar-refractivity contribution in [1.29, 1.82) is 0 Å². The highest BCUT2D eigenvalue weighted by atomic mass is 16.3. The van der Waals surface area contributed by atoms with Crippen LogP contribution in [0.4, 0.5) is 0 Å². The van der Waals surface area contributed by atoms with Gasteiger partial charge in [-0.25, -0.2) is 5.01 Å². The second-order valence-electron chi connectivity index (χ2n) is 2.90. The van der Waals surface area contributed by atoms with Crippen LogP contribution in [0.2, 0.25) is 0 Å². The van der Waals surface area contributed by atoms with E-state index in [2.05, 4.69) is 5.43 Å². The summed E-state index contributed by atoms with van der Waals surface area (Å²) in [6.45, 7) is 2.32. The average Bonchev–Trinajstić information content (AvgIpc) is 2.06. The molecule has 4 heteroatoms. The Hall–Kier alpha value is -0.160. The first-order valence-corrected chi connectivity index (χ1v) is 4.10. The first-order valence-electron chi connectivity index (χ1n) is 4.10. The second-order valence-corrected chi connectivity index (χ2v) is 2.90.